The van der Waals surface area contributed by atoms with Crippen LogP contribution in [-0.2, 0) is 45.9 Å². The van der Waals surface area contributed by atoms with Crippen LogP contribution < -0.4 is 10.1 Å². The molecule has 0 bridgehead atoms. The monoisotopic (exact) mass is 687 g/mol. The Morgan fingerprint density at radius 3 is 2.02 bits per heavy atom. The normalized spacial score (nSPS) is 11.7. The lowest BCUT2D eigenvalue weighted by Crippen LogP contribution is -2.53. The number of aromatic amines is 1. The van der Waals surface area contributed by atoms with Gasteiger partial charge in [-0.15, -0.1) is 0 Å². The molecule has 1 unspecified atom stereocenters. The number of rotatable bonds is 16. The molecule has 0 spiro atoms. The number of carbonyl (C=O) groups is 3. The molecule has 0 fully saturated rings. The number of ether oxygens (including phenoxy) is 2. The van der Waals surface area contributed by atoms with Gasteiger partial charge in [0.15, 0.2) is 0 Å². The van der Waals surface area contributed by atoms with Gasteiger partial charge in [0.05, 0.1) is 12.9 Å². The van der Waals surface area contributed by atoms with E-state index in [4.69, 9.17) is 9.47 Å². The van der Waals surface area contributed by atoms with Gasteiger partial charge in [-0.3, -0.25) is 14.5 Å². The van der Waals surface area contributed by atoms with E-state index in [2.05, 4.69) is 29.1 Å². The van der Waals surface area contributed by atoms with Gasteiger partial charge in [0.2, 0.25) is 11.8 Å². The summed E-state index contributed by atoms with van der Waals surface area (Å²) in [6, 6.07) is 35.6. The summed E-state index contributed by atoms with van der Waals surface area (Å²) < 4.78 is 11.6. The van der Waals surface area contributed by atoms with Gasteiger partial charge in [0, 0.05) is 43.9 Å². The van der Waals surface area contributed by atoms with Crippen molar-refractivity contribution < 1.29 is 23.9 Å². The molecular formula is C41H45N5O5. The number of imidazole rings is 1. The van der Waals surface area contributed by atoms with Crippen LogP contribution in [0.2, 0.25) is 0 Å². The molecule has 0 saturated carbocycles. The molecule has 264 valence electrons. The number of carbonyl (C=O) groups excluding carboxylic acids is 3. The van der Waals surface area contributed by atoms with Crippen LogP contribution in [0.25, 0.3) is 0 Å². The Morgan fingerprint density at radius 1 is 0.804 bits per heavy atom. The van der Waals surface area contributed by atoms with Crippen molar-refractivity contribution in [3.8, 4) is 5.75 Å². The molecule has 4 aromatic carbocycles. The van der Waals surface area contributed by atoms with Crippen LogP contribution in [0.5, 0.6) is 5.75 Å². The first-order chi connectivity index (χ1) is 24.7. The third-order valence-corrected chi connectivity index (χ3v) is 8.69. The molecule has 0 aliphatic heterocycles. The number of amides is 3. The highest BCUT2D eigenvalue weighted by Gasteiger charge is 2.33. The molecule has 0 saturated heterocycles. The number of benzene rings is 4. The molecule has 1 aromatic heterocycles. The lowest BCUT2D eigenvalue weighted by atomic mass is 9.84. The first-order valence-electron chi connectivity index (χ1n) is 17.0. The van der Waals surface area contributed by atoms with Crippen LogP contribution in [0.15, 0.2) is 128 Å². The van der Waals surface area contributed by atoms with E-state index >= 15 is 0 Å². The summed E-state index contributed by atoms with van der Waals surface area (Å²) >= 11 is 0. The Hall–Kier alpha value is -5.90. The number of hydrogen-bond acceptors (Lipinski definition) is 6. The maximum Gasteiger partial charge on any atom is 0.410 e. The molecule has 1 heterocycles. The van der Waals surface area contributed by atoms with Crippen molar-refractivity contribution >= 4 is 17.9 Å². The van der Waals surface area contributed by atoms with Gasteiger partial charge in [-0.2, -0.15) is 0 Å². The quantitative estimate of drug-likeness (QED) is 0.126. The highest BCUT2D eigenvalue weighted by molar-refractivity contribution is 5.89. The summed E-state index contributed by atoms with van der Waals surface area (Å²) in [5.74, 6) is -0.0465. The number of H-pyrrole nitrogens is 1. The highest BCUT2D eigenvalue weighted by atomic mass is 16.6. The van der Waals surface area contributed by atoms with Gasteiger partial charge >= 0.3 is 6.09 Å². The fourth-order valence-electron chi connectivity index (χ4n) is 5.56. The first kappa shape index (κ1) is 36.4. The number of nitrogens with zero attached hydrogens (tertiary/aromatic N) is 3. The summed E-state index contributed by atoms with van der Waals surface area (Å²) in [5, 5.41) is 3.03. The SMILES string of the molecule is CN(C(=O)OCc1ccccc1)C(Cc1cnc[nH]1)C(=O)N(CC(=O)NCC(C)(C)c1ccccc1)Cc1ccc(OCc2ccccc2)cc1. The van der Waals surface area contributed by atoms with Gasteiger partial charge < -0.3 is 24.7 Å². The molecule has 2 N–H and O–H groups in total. The van der Waals surface area contributed by atoms with Gasteiger partial charge in [-0.05, 0) is 34.4 Å². The van der Waals surface area contributed by atoms with Crippen molar-refractivity contribution in [3.05, 3.63) is 156 Å². The van der Waals surface area contributed by atoms with Crippen molar-refractivity contribution in [1.82, 2.24) is 25.1 Å². The zero-order valence-corrected chi connectivity index (χ0v) is 29.3. The van der Waals surface area contributed by atoms with Gasteiger partial charge in [-0.1, -0.05) is 117 Å². The molecule has 10 heteroatoms. The van der Waals surface area contributed by atoms with E-state index in [0.717, 1.165) is 22.3 Å². The Balaban J connectivity index is 1.34. The smallest absolute Gasteiger partial charge is 0.410 e. The van der Waals surface area contributed by atoms with Gasteiger partial charge in [-0.25, -0.2) is 9.78 Å². The summed E-state index contributed by atoms with van der Waals surface area (Å²) in [6.07, 6.45) is 2.61. The number of nitrogens with one attached hydrogen (secondary N) is 2. The average molecular weight is 688 g/mol. The molecule has 0 radical (unpaired) electrons. The second-order valence-corrected chi connectivity index (χ2v) is 13.1. The Kier molecular flexibility index (Phi) is 12.6. The summed E-state index contributed by atoms with van der Waals surface area (Å²) in [6.45, 7) is 4.87. The van der Waals surface area contributed by atoms with Crippen molar-refractivity contribution in [3.63, 3.8) is 0 Å². The Labute approximate surface area is 299 Å². The van der Waals surface area contributed by atoms with Crippen LogP contribution in [0.3, 0.4) is 0 Å². The van der Waals surface area contributed by atoms with Crippen LogP contribution in [0.4, 0.5) is 4.79 Å². The largest absolute Gasteiger partial charge is 0.489 e. The van der Waals surface area contributed by atoms with E-state index < -0.39 is 18.0 Å². The first-order valence-corrected chi connectivity index (χ1v) is 17.0. The summed E-state index contributed by atoms with van der Waals surface area (Å²) in [5.41, 5.74) is 4.07. The average Bonchev–Trinajstić information content (AvgIpc) is 3.69. The molecule has 0 aliphatic rings. The van der Waals surface area contributed by atoms with Crippen molar-refractivity contribution in [1.29, 1.82) is 0 Å². The van der Waals surface area contributed by atoms with E-state index in [9.17, 15) is 14.4 Å². The second kappa shape index (κ2) is 17.7. The third-order valence-electron chi connectivity index (χ3n) is 8.69. The van der Waals surface area contributed by atoms with Crippen LogP contribution in [0.1, 0.15) is 41.8 Å². The maximum absolute atomic E-state index is 14.5. The standard InChI is InChI=1S/C41H45N5O5/c1-41(2,34-17-11-6-12-18-34)29-43-38(47)26-46(25-31-19-21-36(22-20-31)50-27-32-13-7-4-8-14-32)39(48)37(23-35-24-42-30-44-35)45(3)40(49)51-28-33-15-9-5-10-16-33/h4-22,24,30,37H,23,25-29H2,1-3H3,(H,42,44)(H,43,47). The predicted molar refractivity (Wildman–Crippen MR) is 196 cm³/mol. The minimum atomic E-state index is -0.990. The van der Waals surface area contributed by atoms with Crippen molar-refractivity contribution in [2.45, 2.75) is 51.5 Å². The minimum Gasteiger partial charge on any atom is -0.489 e. The van der Waals surface area contributed by atoms with Gasteiger partial charge in [0.1, 0.15) is 25.0 Å². The van der Waals surface area contributed by atoms with Crippen molar-refractivity contribution in [2.75, 3.05) is 20.1 Å². The maximum atomic E-state index is 14.5. The Morgan fingerprint density at radius 2 is 1.41 bits per heavy atom. The lowest BCUT2D eigenvalue weighted by Gasteiger charge is -2.32. The van der Waals surface area contributed by atoms with E-state index in [1.807, 2.05) is 115 Å². The molecular weight excluding hydrogens is 642 g/mol. The molecule has 0 aliphatic carbocycles. The Bertz CT molecular complexity index is 1820. The number of likely N-dealkylation sites (N-methyl/N-ethyl adjacent to an activating group) is 1. The van der Waals surface area contributed by atoms with Crippen molar-refractivity contribution in [2.24, 2.45) is 0 Å². The van der Waals surface area contributed by atoms with Gasteiger partial charge in [0.25, 0.3) is 0 Å². The fourth-order valence-corrected chi connectivity index (χ4v) is 5.56. The fraction of sp³-hybridized carbons (Fsp3) is 0.268. The van der Waals surface area contributed by atoms with Crippen LogP contribution in [-0.4, -0.2) is 63.9 Å². The zero-order valence-electron chi connectivity index (χ0n) is 29.3. The second-order valence-electron chi connectivity index (χ2n) is 13.1. The third kappa shape index (κ3) is 10.8. The zero-order chi connectivity index (χ0) is 36.1. The number of hydrogen-bond donors (Lipinski definition) is 2. The molecule has 3 amide bonds. The topological polar surface area (TPSA) is 117 Å². The van der Waals surface area contributed by atoms with E-state index in [0.29, 0.717) is 24.6 Å². The highest BCUT2D eigenvalue weighted by Crippen LogP contribution is 2.22. The van der Waals surface area contributed by atoms with Crippen LogP contribution >= 0.6 is 0 Å². The van der Waals surface area contributed by atoms with Crippen LogP contribution in [0, 0.1) is 0 Å². The summed E-state index contributed by atoms with van der Waals surface area (Å²) in [4.78, 5) is 51.3. The number of aromatic nitrogens is 2. The molecule has 5 aromatic rings. The molecule has 1 atom stereocenters. The predicted octanol–water partition coefficient (Wildman–Crippen LogP) is 6.29. The summed E-state index contributed by atoms with van der Waals surface area (Å²) in [7, 11) is 1.53. The molecule has 51 heavy (non-hydrogen) atoms. The van der Waals surface area contributed by atoms with E-state index in [-0.39, 0.29) is 37.4 Å². The molecule has 5 rings (SSSR count). The minimum absolute atomic E-state index is 0.0526. The molecule has 10 nitrogen and oxygen atoms in total. The van der Waals surface area contributed by atoms with E-state index in [1.54, 1.807) is 6.20 Å². The lowest BCUT2D eigenvalue weighted by molar-refractivity contribution is -0.140. The van der Waals surface area contributed by atoms with E-state index in [1.165, 1.54) is 23.2 Å².